The van der Waals surface area contributed by atoms with Crippen molar-refractivity contribution < 1.29 is 0 Å². The molecule has 1 heterocycles. The molecule has 2 N–H and O–H groups in total. The highest BCUT2D eigenvalue weighted by Gasteiger charge is 2.37. The molecule has 0 aromatic heterocycles. The van der Waals surface area contributed by atoms with Gasteiger partial charge in [-0.15, -0.1) is 12.4 Å². The van der Waals surface area contributed by atoms with Crippen LogP contribution in [-0.2, 0) is 6.42 Å². The van der Waals surface area contributed by atoms with Crippen molar-refractivity contribution in [2.45, 2.75) is 31.2 Å². The molecular weight excluding hydrogens is 316 g/mol. The highest BCUT2D eigenvalue weighted by Crippen LogP contribution is 2.41. The van der Waals surface area contributed by atoms with Crippen LogP contribution in [0.1, 0.15) is 41.5 Å². The van der Waals surface area contributed by atoms with Crippen LogP contribution in [0.5, 0.6) is 0 Å². The van der Waals surface area contributed by atoms with Crippen LogP contribution in [0.2, 0.25) is 0 Å². The summed E-state index contributed by atoms with van der Waals surface area (Å²) in [7, 11) is 0. The van der Waals surface area contributed by atoms with Gasteiger partial charge in [0, 0.05) is 25.0 Å². The fourth-order valence-electron chi connectivity index (χ4n) is 4.58. The molecule has 3 atom stereocenters. The van der Waals surface area contributed by atoms with E-state index in [4.69, 9.17) is 5.73 Å². The fraction of sp³-hybridized carbons (Fsp3) is 0.429. The lowest BCUT2D eigenvalue weighted by molar-refractivity contribution is 0.213. The molecule has 1 unspecified atom stereocenters. The van der Waals surface area contributed by atoms with Gasteiger partial charge in [-0.25, -0.2) is 0 Å². The summed E-state index contributed by atoms with van der Waals surface area (Å²) in [5.41, 5.74) is 10.7. The van der Waals surface area contributed by atoms with Gasteiger partial charge in [-0.3, -0.25) is 4.90 Å². The zero-order valence-corrected chi connectivity index (χ0v) is 14.9. The van der Waals surface area contributed by atoms with Crippen molar-refractivity contribution in [3.8, 4) is 0 Å². The van der Waals surface area contributed by atoms with Crippen molar-refractivity contribution in [1.82, 2.24) is 4.90 Å². The van der Waals surface area contributed by atoms with Crippen molar-refractivity contribution in [3.63, 3.8) is 0 Å². The number of halogens is 1. The first-order valence-corrected chi connectivity index (χ1v) is 8.93. The second-order valence-electron chi connectivity index (χ2n) is 7.07. The topological polar surface area (TPSA) is 29.3 Å². The highest BCUT2D eigenvalue weighted by molar-refractivity contribution is 5.85. The van der Waals surface area contributed by atoms with E-state index in [9.17, 15) is 0 Å². The first-order valence-electron chi connectivity index (χ1n) is 8.93. The minimum Gasteiger partial charge on any atom is -0.330 e. The van der Waals surface area contributed by atoms with Gasteiger partial charge in [-0.05, 0) is 48.4 Å². The van der Waals surface area contributed by atoms with Gasteiger partial charge < -0.3 is 5.73 Å². The molecule has 1 fully saturated rings. The maximum absolute atomic E-state index is 6.12. The van der Waals surface area contributed by atoms with E-state index in [1.54, 1.807) is 11.1 Å². The van der Waals surface area contributed by atoms with E-state index >= 15 is 0 Å². The summed E-state index contributed by atoms with van der Waals surface area (Å²) in [4.78, 5) is 2.70. The first-order chi connectivity index (χ1) is 11.4. The summed E-state index contributed by atoms with van der Waals surface area (Å²) in [5, 5.41) is 0. The zero-order chi connectivity index (χ0) is 15.6. The Hall–Kier alpha value is -1.35. The average Bonchev–Trinajstić information content (AvgIpc) is 3.06. The summed E-state index contributed by atoms with van der Waals surface area (Å²) >= 11 is 0. The van der Waals surface area contributed by atoms with E-state index in [1.807, 2.05) is 0 Å². The second-order valence-corrected chi connectivity index (χ2v) is 7.07. The van der Waals surface area contributed by atoms with E-state index in [1.165, 1.54) is 24.8 Å². The second kappa shape index (κ2) is 7.69. The third-order valence-corrected chi connectivity index (χ3v) is 5.78. The molecule has 0 radical (unpaired) electrons. The minimum absolute atomic E-state index is 0. The monoisotopic (exact) mass is 342 g/mol. The smallest absolute Gasteiger partial charge is 0.0351 e. The number of likely N-dealkylation sites (tertiary alicyclic amines) is 1. The Morgan fingerprint density at radius 2 is 1.71 bits per heavy atom. The Labute approximate surface area is 151 Å². The maximum Gasteiger partial charge on any atom is 0.0351 e. The quantitative estimate of drug-likeness (QED) is 0.907. The van der Waals surface area contributed by atoms with Crippen LogP contribution in [0.25, 0.3) is 0 Å². The zero-order valence-electron chi connectivity index (χ0n) is 14.1. The molecule has 2 aromatic carbocycles. The number of hydrogen-bond donors (Lipinski definition) is 1. The van der Waals surface area contributed by atoms with Crippen LogP contribution in [0.4, 0.5) is 0 Å². The van der Waals surface area contributed by atoms with E-state index < -0.39 is 0 Å². The first kappa shape index (κ1) is 17.5. The van der Waals surface area contributed by atoms with Crippen molar-refractivity contribution in [1.29, 1.82) is 0 Å². The third-order valence-electron chi connectivity index (χ3n) is 5.78. The highest BCUT2D eigenvalue weighted by atomic mass is 35.5. The van der Waals surface area contributed by atoms with Crippen molar-refractivity contribution in [3.05, 3.63) is 71.3 Å². The van der Waals surface area contributed by atoms with Crippen molar-refractivity contribution >= 4 is 12.4 Å². The molecule has 1 aliphatic carbocycles. The fourth-order valence-corrected chi connectivity index (χ4v) is 4.58. The number of hydrogen-bond acceptors (Lipinski definition) is 2. The molecule has 2 nitrogen and oxygen atoms in total. The summed E-state index contributed by atoms with van der Waals surface area (Å²) in [5.74, 6) is 1.15. The van der Waals surface area contributed by atoms with Gasteiger partial charge in [-0.2, -0.15) is 0 Å². The number of aryl methyl sites for hydroxylation is 1. The number of benzene rings is 2. The SMILES string of the molecule is Cl.NC[C@@H]1CN(C2CCCc3ccccc32)C[C@H]1c1ccccc1. The Bertz CT molecular complexity index is 658. The lowest BCUT2D eigenvalue weighted by atomic mass is 9.87. The van der Waals surface area contributed by atoms with Gasteiger partial charge in [0.1, 0.15) is 0 Å². The van der Waals surface area contributed by atoms with Crippen LogP contribution >= 0.6 is 12.4 Å². The van der Waals surface area contributed by atoms with Crippen LogP contribution in [0.15, 0.2) is 54.6 Å². The maximum atomic E-state index is 6.12. The average molecular weight is 343 g/mol. The normalized spacial score (nSPS) is 26.6. The van der Waals surface area contributed by atoms with E-state index in [2.05, 4.69) is 59.5 Å². The van der Waals surface area contributed by atoms with E-state index in [-0.39, 0.29) is 12.4 Å². The molecule has 2 aromatic rings. The van der Waals surface area contributed by atoms with Crippen molar-refractivity contribution in [2.75, 3.05) is 19.6 Å². The van der Waals surface area contributed by atoms with Crippen LogP contribution in [-0.4, -0.2) is 24.5 Å². The largest absolute Gasteiger partial charge is 0.330 e. The number of nitrogens with two attached hydrogens (primary N) is 1. The lowest BCUT2D eigenvalue weighted by Gasteiger charge is -2.33. The van der Waals surface area contributed by atoms with Gasteiger partial charge in [0.25, 0.3) is 0 Å². The number of fused-ring (bicyclic) bond motifs is 1. The summed E-state index contributed by atoms with van der Waals surface area (Å²) in [6.07, 6.45) is 3.83. The van der Waals surface area contributed by atoms with Crippen molar-refractivity contribution in [2.24, 2.45) is 11.7 Å². The van der Waals surface area contributed by atoms with Gasteiger partial charge in [0.2, 0.25) is 0 Å². The Morgan fingerprint density at radius 3 is 2.50 bits per heavy atom. The summed E-state index contributed by atoms with van der Waals surface area (Å²) in [6.45, 7) is 3.06. The van der Waals surface area contributed by atoms with Gasteiger partial charge in [0.05, 0.1) is 0 Å². The molecular formula is C21H27ClN2. The van der Waals surface area contributed by atoms with E-state index in [0.717, 1.165) is 19.6 Å². The molecule has 1 aliphatic heterocycles. The molecule has 0 saturated carbocycles. The predicted molar refractivity (Wildman–Crippen MR) is 103 cm³/mol. The molecule has 1 saturated heterocycles. The molecule has 3 heteroatoms. The third kappa shape index (κ3) is 3.23. The number of nitrogens with zero attached hydrogens (tertiary/aromatic N) is 1. The van der Waals surface area contributed by atoms with Crippen LogP contribution in [0, 0.1) is 5.92 Å². The predicted octanol–water partition coefficient (Wildman–Crippen LogP) is 4.16. The summed E-state index contributed by atoms with van der Waals surface area (Å²) in [6, 6.07) is 20.6. The molecule has 128 valence electrons. The summed E-state index contributed by atoms with van der Waals surface area (Å²) < 4.78 is 0. The molecule has 0 amide bonds. The Balaban J connectivity index is 0.00000169. The van der Waals surface area contributed by atoms with E-state index in [0.29, 0.717) is 17.9 Å². The van der Waals surface area contributed by atoms with Gasteiger partial charge in [0.15, 0.2) is 0 Å². The molecule has 0 spiro atoms. The molecule has 0 bridgehead atoms. The Kier molecular flexibility index (Phi) is 5.60. The van der Waals surface area contributed by atoms with Crippen LogP contribution in [0.3, 0.4) is 0 Å². The molecule has 24 heavy (non-hydrogen) atoms. The van der Waals surface area contributed by atoms with Crippen LogP contribution < -0.4 is 5.73 Å². The van der Waals surface area contributed by atoms with Gasteiger partial charge >= 0.3 is 0 Å². The lowest BCUT2D eigenvalue weighted by Crippen LogP contribution is -2.30. The Morgan fingerprint density at radius 1 is 0.958 bits per heavy atom. The van der Waals surface area contributed by atoms with Gasteiger partial charge in [-0.1, -0.05) is 54.6 Å². The number of rotatable bonds is 3. The minimum atomic E-state index is 0. The molecule has 4 rings (SSSR count). The molecule has 2 aliphatic rings. The standard InChI is InChI=1S/C21H26N2.ClH/c22-13-18-14-23(15-20(18)17-7-2-1-3-8-17)21-12-6-10-16-9-4-5-11-19(16)21;/h1-5,7-9,11,18,20-21H,6,10,12-15,22H2;1H/t18-,20+,21?;/m1./s1.